The normalized spacial score (nSPS) is 14.2. The molecule has 0 saturated carbocycles. The summed E-state index contributed by atoms with van der Waals surface area (Å²) < 4.78 is 0. The molecule has 0 bridgehead atoms. The maximum atomic E-state index is 10.6. The predicted molar refractivity (Wildman–Crippen MR) is 75.2 cm³/mol. The number of aliphatic hydroxyl groups is 1. The van der Waals surface area contributed by atoms with E-state index >= 15 is 0 Å². The lowest BCUT2D eigenvalue weighted by Crippen LogP contribution is -2.43. The molecule has 106 valence electrons. The zero-order chi connectivity index (χ0) is 14.6. The Morgan fingerprint density at radius 3 is 2.63 bits per heavy atom. The summed E-state index contributed by atoms with van der Waals surface area (Å²) >= 11 is 0. The van der Waals surface area contributed by atoms with Crippen LogP contribution in [0.2, 0.25) is 0 Å². The summed E-state index contributed by atoms with van der Waals surface area (Å²) in [4.78, 5) is 12.0. The van der Waals surface area contributed by atoms with E-state index in [9.17, 15) is 15.2 Å². The van der Waals surface area contributed by atoms with E-state index < -0.39 is 10.5 Å². The molecule has 7 heteroatoms. The highest BCUT2D eigenvalue weighted by molar-refractivity contribution is 5.69. The molecular formula is C12H20N4O3. The number of hydrogen-bond donors (Lipinski definition) is 3. The summed E-state index contributed by atoms with van der Waals surface area (Å²) in [7, 11) is 3.74. The number of nitrogens with zero attached hydrogens (tertiary/aromatic N) is 2. The van der Waals surface area contributed by atoms with Crippen LogP contribution in [0.1, 0.15) is 6.92 Å². The van der Waals surface area contributed by atoms with Crippen LogP contribution in [0.3, 0.4) is 0 Å². The van der Waals surface area contributed by atoms with Crippen molar-refractivity contribution in [2.45, 2.75) is 12.5 Å². The van der Waals surface area contributed by atoms with Crippen LogP contribution in [0.15, 0.2) is 18.2 Å². The van der Waals surface area contributed by atoms with Gasteiger partial charge in [-0.15, -0.1) is 0 Å². The third-order valence-corrected chi connectivity index (χ3v) is 2.56. The fourth-order valence-corrected chi connectivity index (χ4v) is 1.85. The van der Waals surface area contributed by atoms with Gasteiger partial charge in [0.2, 0.25) is 0 Å². The number of benzene rings is 1. The van der Waals surface area contributed by atoms with Gasteiger partial charge in [-0.25, -0.2) is 0 Å². The topological polar surface area (TPSA) is 105 Å². The number of rotatable bonds is 6. The summed E-state index contributed by atoms with van der Waals surface area (Å²) in [5.74, 6) is 0. The molecule has 0 aromatic heterocycles. The summed E-state index contributed by atoms with van der Waals surface area (Å²) in [6, 6.07) is 4.21. The molecule has 1 rings (SSSR count). The summed E-state index contributed by atoms with van der Waals surface area (Å²) in [5.41, 5.74) is 5.62. The van der Waals surface area contributed by atoms with Crippen LogP contribution in [-0.2, 0) is 0 Å². The van der Waals surface area contributed by atoms with Crippen LogP contribution < -0.4 is 11.1 Å². The molecule has 0 spiro atoms. The number of nitrogens with two attached hydrogens (primary N) is 1. The first kappa shape index (κ1) is 15.2. The van der Waals surface area contributed by atoms with Crippen molar-refractivity contribution in [3.8, 4) is 0 Å². The van der Waals surface area contributed by atoms with E-state index in [1.807, 2.05) is 19.0 Å². The average Bonchev–Trinajstić information content (AvgIpc) is 2.25. The van der Waals surface area contributed by atoms with Crippen molar-refractivity contribution in [1.82, 2.24) is 4.90 Å². The van der Waals surface area contributed by atoms with Gasteiger partial charge in [-0.3, -0.25) is 10.1 Å². The largest absolute Gasteiger partial charge is 0.397 e. The van der Waals surface area contributed by atoms with E-state index in [1.54, 1.807) is 13.0 Å². The Kier molecular flexibility index (Phi) is 4.68. The maximum Gasteiger partial charge on any atom is 0.271 e. The first-order valence-corrected chi connectivity index (χ1v) is 5.86. The number of hydrogen-bond acceptors (Lipinski definition) is 6. The minimum Gasteiger partial charge on any atom is -0.397 e. The number of anilines is 2. The van der Waals surface area contributed by atoms with Crippen LogP contribution >= 0.6 is 0 Å². The fourth-order valence-electron chi connectivity index (χ4n) is 1.85. The van der Waals surface area contributed by atoms with E-state index in [1.165, 1.54) is 12.1 Å². The number of nitrogen functional groups attached to an aromatic ring is 1. The van der Waals surface area contributed by atoms with Crippen LogP contribution in [0.25, 0.3) is 0 Å². The van der Waals surface area contributed by atoms with Crippen molar-refractivity contribution >= 4 is 17.1 Å². The van der Waals surface area contributed by atoms with Gasteiger partial charge in [-0.2, -0.15) is 0 Å². The second kappa shape index (κ2) is 5.85. The molecule has 1 atom stereocenters. The van der Waals surface area contributed by atoms with Gasteiger partial charge in [0.1, 0.15) is 0 Å². The first-order chi connectivity index (χ1) is 8.71. The molecule has 0 amide bonds. The number of nitro benzene ring substituents is 1. The quantitative estimate of drug-likeness (QED) is 0.402. The minimum atomic E-state index is -0.919. The Hall–Kier alpha value is -1.86. The number of nitrogens with one attached hydrogen (secondary N) is 1. The molecule has 0 aliphatic carbocycles. The van der Waals surface area contributed by atoms with E-state index in [2.05, 4.69) is 5.32 Å². The van der Waals surface area contributed by atoms with Gasteiger partial charge in [0.25, 0.3) is 5.69 Å². The Labute approximate surface area is 112 Å². The van der Waals surface area contributed by atoms with Gasteiger partial charge < -0.3 is 21.1 Å². The lowest BCUT2D eigenvalue weighted by atomic mass is 10.1. The van der Waals surface area contributed by atoms with Gasteiger partial charge in [0, 0.05) is 25.2 Å². The maximum absolute atomic E-state index is 10.6. The van der Waals surface area contributed by atoms with Crippen molar-refractivity contribution in [3.05, 3.63) is 28.3 Å². The Morgan fingerprint density at radius 2 is 2.16 bits per heavy atom. The summed E-state index contributed by atoms with van der Waals surface area (Å²) in [6.07, 6.45) is 0. The first-order valence-electron chi connectivity index (χ1n) is 5.86. The van der Waals surface area contributed by atoms with E-state index in [4.69, 9.17) is 5.73 Å². The molecule has 0 fully saturated rings. The molecule has 1 aromatic carbocycles. The van der Waals surface area contributed by atoms with E-state index in [-0.39, 0.29) is 11.4 Å². The van der Waals surface area contributed by atoms with Crippen LogP contribution in [-0.4, -0.2) is 47.7 Å². The number of nitro groups is 1. The van der Waals surface area contributed by atoms with Crippen LogP contribution in [0, 0.1) is 10.1 Å². The highest BCUT2D eigenvalue weighted by Crippen LogP contribution is 2.24. The van der Waals surface area contributed by atoms with Crippen molar-refractivity contribution in [2.24, 2.45) is 0 Å². The lowest BCUT2D eigenvalue weighted by molar-refractivity contribution is -0.384. The molecule has 19 heavy (non-hydrogen) atoms. The monoisotopic (exact) mass is 268 g/mol. The van der Waals surface area contributed by atoms with Gasteiger partial charge in [0.05, 0.1) is 21.9 Å². The van der Waals surface area contributed by atoms with Crippen LogP contribution in [0.5, 0.6) is 0 Å². The predicted octanol–water partition coefficient (Wildman–Crippen LogP) is 0.901. The smallest absolute Gasteiger partial charge is 0.271 e. The highest BCUT2D eigenvalue weighted by atomic mass is 16.6. The molecule has 0 aliphatic heterocycles. The Bertz CT molecular complexity index is 460. The summed E-state index contributed by atoms with van der Waals surface area (Å²) in [5, 5.41) is 23.7. The van der Waals surface area contributed by atoms with Gasteiger partial charge in [-0.05, 0) is 27.1 Å². The van der Waals surface area contributed by atoms with E-state index in [0.717, 1.165) is 0 Å². The lowest BCUT2D eigenvalue weighted by Gasteiger charge is -2.27. The average molecular weight is 268 g/mol. The standard InChI is InChI=1S/C12H20N4O3/c1-12(17,8-15(2)3)7-14-11-5-4-9(16(18)19)6-10(11)13/h4-6,14,17H,7-8,13H2,1-3H3. The third kappa shape index (κ3) is 4.72. The molecule has 1 unspecified atom stereocenters. The Balaban J connectivity index is 2.71. The minimum absolute atomic E-state index is 0.0527. The van der Waals surface area contributed by atoms with Gasteiger partial charge in [0.15, 0.2) is 0 Å². The molecule has 0 heterocycles. The molecule has 4 N–H and O–H groups in total. The summed E-state index contributed by atoms with van der Waals surface area (Å²) in [6.45, 7) is 2.50. The fraction of sp³-hybridized carbons (Fsp3) is 0.500. The number of likely N-dealkylation sites (N-methyl/N-ethyl adjacent to an activating group) is 1. The molecule has 0 radical (unpaired) electrons. The third-order valence-electron chi connectivity index (χ3n) is 2.56. The zero-order valence-electron chi connectivity index (χ0n) is 11.4. The van der Waals surface area contributed by atoms with Crippen molar-refractivity contribution < 1.29 is 10.0 Å². The second-order valence-electron chi connectivity index (χ2n) is 5.12. The number of non-ortho nitro benzene ring substituents is 1. The van der Waals surface area contributed by atoms with Crippen molar-refractivity contribution in [3.63, 3.8) is 0 Å². The molecule has 0 saturated heterocycles. The van der Waals surface area contributed by atoms with Gasteiger partial charge in [-0.1, -0.05) is 0 Å². The SMILES string of the molecule is CN(C)CC(C)(O)CNc1ccc([N+](=O)[O-])cc1N. The Morgan fingerprint density at radius 1 is 1.53 bits per heavy atom. The van der Waals surface area contributed by atoms with Crippen molar-refractivity contribution in [1.29, 1.82) is 0 Å². The van der Waals surface area contributed by atoms with Gasteiger partial charge >= 0.3 is 0 Å². The molecule has 0 aliphatic rings. The second-order valence-corrected chi connectivity index (χ2v) is 5.12. The highest BCUT2D eigenvalue weighted by Gasteiger charge is 2.21. The molecular weight excluding hydrogens is 248 g/mol. The van der Waals surface area contributed by atoms with Crippen LogP contribution in [0.4, 0.5) is 17.1 Å². The molecule has 1 aromatic rings. The molecule has 7 nitrogen and oxygen atoms in total. The van der Waals surface area contributed by atoms with E-state index in [0.29, 0.717) is 18.8 Å². The van der Waals surface area contributed by atoms with Crippen molar-refractivity contribution in [2.75, 3.05) is 38.2 Å². The zero-order valence-corrected chi connectivity index (χ0v) is 11.4.